The van der Waals surface area contributed by atoms with Gasteiger partial charge in [0.2, 0.25) is 0 Å². The molecular weight excluding hydrogens is 394 g/mol. The van der Waals surface area contributed by atoms with E-state index in [9.17, 15) is 5.11 Å². The molecule has 1 aliphatic heterocycles. The van der Waals surface area contributed by atoms with E-state index in [1.165, 1.54) is 23.1 Å². The SMILES string of the molecule is O[C@H](CSc1nnc(-c2sc3ccccc3c2Cl)o1)CN1CCOCC1. The van der Waals surface area contributed by atoms with Crippen molar-refractivity contribution in [3.63, 3.8) is 0 Å². The third kappa shape index (κ3) is 4.05. The Morgan fingerprint density at radius 1 is 1.27 bits per heavy atom. The van der Waals surface area contributed by atoms with Crippen LogP contribution in [0.3, 0.4) is 0 Å². The normalized spacial score (nSPS) is 17.0. The van der Waals surface area contributed by atoms with Gasteiger partial charge in [-0.05, 0) is 6.07 Å². The molecule has 0 amide bonds. The number of thiophene rings is 1. The summed E-state index contributed by atoms with van der Waals surface area (Å²) in [4.78, 5) is 2.98. The molecule has 0 bridgehead atoms. The molecule has 1 aliphatic rings. The van der Waals surface area contributed by atoms with Gasteiger partial charge in [0.1, 0.15) is 4.88 Å². The molecule has 0 radical (unpaired) electrons. The van der Waals surface area contributed by atoms with Crippen molar-refractivity contribution in [2.24, 2.45) is 0 Å². The fraction of sp³-hybridized carbons (Fsp3) is 0.412. The van der Waals surface area contributed by atoms with Crippen molar-refractivity contribution in [3.8, 4) is 10.8 Å². The van der Waals surface area contributed by atoms with Gasteiger partial charge in [0.05, 0.1) is 24.3 Å². The maximum absolute atomic E-state index is 10.2. The quantitative estimate of drug-likeness (QED) is 0.623. The Bertz CT molecular complexity index is 879. The van der Waals surface area contributed by atoms with E-state index in [-0.39, 0.29) is 0 Å². The highest BCUT2D eigenvalue weighted by molar-refractivity contribution is 7.99. The molecule has 9 heteroatoms. The van der Waals surface area contributed by atoms with Gasteiger partial charge in [-0.1, -0.05) is 41.6 Å². The van der Waals surface area contributed by atoms with E-state index >= 15 is 0 Å². The first kappa shape index (κ1) is 18.2. The highest BCUT2D eigenvalue weighted by Gasteiger charge is 2.19. The molecule has 138 valence electrons. The summed E-state index contributed by atoms with van der Waals surface area (Å²) >= 11 is 9.35. The van der Waals surface area contributed by atoms with Crippen molar-refractivity contribution in [1.29, 1.82) is 0 Å². The second kappa shape index (κ2) is 8.24. The van der Waals surface area contributed by atoms with Crippen LogP contribution in [0.1, 0.15) is 0 Å². The number of aromatic nitrogens is 2. The molecule has 0 unspecified atom stereocenters. The molecule has 6 nitrogen and oxygen atoms in total. The fourth-order valence-electron chi connectivity index (χ4n) is 2.81. The summed E-state index contributed by atoms with van der Waals surface area (Å²) < 4.78 is 12.1. The van der Waals surface area contributed by atoms with E-state index < -0.39 is 6.10 Å². The van der Waals surface area contributed by atoms with Crippen LogP contribution in [0, 0.1) is 0 Å². The molecular formula is C17H18ClN3O3S2. The Morgan fingerprint density at radius 3 is 2.88 bits per heavy atom. The van der Waals surface area contributed by atoms with Gasteiger partial charge in [0.15, 0.2) is 0 Å². The lowest BCUT2D eigenvalue weighted by Gasteiger charge is -2.28. The Kier molecular flexibility index (Phi) is 5.78. The average Bonchev–Trinajstić information content (AvgIpc) is 3.26. The van der Waals surface area contributed by atoms with Crippen LogP contribution >= 0.6 is 34.7 Å². The summed E-state index contributed by atoms with van der Waals surface area (Å²) in [6.45, 7) is 3.79. The average molecular weight is 412 g/mol. The van der Waals surface area contributed by atoms with Crippen LogP contribution in [-0.2, 0) is 4.74 Å². The minimum atomic E-state index is -0.457. The van der Waals surface area contributed by atoms with Crippen molar-refractivity contribution in [2.45, 2.75) is 11.3 Å². The Labute approximate surface area is 164 Å². The number of nitrogens with zero attached hydrogens (tertiary/aromatic N) is 3. The molecule has 1 N–H and O–H groups in total. The number of ether oxygens (including phenoxy) is 1. The Hall–Kier alpha value is -1.16. The van der Waals surface area contributed by atoms with Gasteiger partial charge < -0.3 is 14.3 Å². The minimum absolute atomic E-state index is 0.418. The third-order valence-electron chi connectivity index (χ3n) is 4.11. The number of fused-ring (bicyclic) bond motifs is 1. The summed E-state index contributed by atoms with van der Waals surface area (Å²) in [7, 11) is 0. The number of thioether (sulfide) groups is 1. The smallest absolute Gasteiger partial charge is 0.276 e. The minimum Gasteiger partial charge on any atom is -0.410 e. The van der Waals surface area contributed by atoms with Crippen LogP contribution in [0.25, 0.3) is 20.9 Å². The predicted molar refractivity (Wildman–Crippen MR) is 104 cm³/mol. The maximum atomic E-state index is 10.2. The standard InChI is InChI=1S/C17H18ClN3O3S2/c18-14-12-3-1-2-4-13(12)26-15(14)16-19-20-17(24-16)25-10-11(22)9-21-5-7-23-8-6-21/h1-4,11,22H,5-10H2/t11-/m0/s1. The van der Waals surface area contributed by atoms with Crippen molar-refractivity contribution >= 4 is 44.8 Å². The second-order valence-corrected chi connectivity index (χ2v) is 8.39. The molecule has 1 aromatic carbocycles. The van der Waals surface area contributed by atoms with Gasteiger partial charge in [0, 0.05) is 35.5 Å². The molecule has 1 atom stereocenters. The monoisotopic (exact) mass is 411 g/mol. The number of morpholine rings is 1. The van der Waals surface area contributed by atoms with Crippen molar-refractivity contribution in [2.75, 3.05) is 38.6 Å². The molecule has 3 heterocycles. The lowest BCUT2D eigenvalue weighted by atomic mass is 10.2. The number of hydrogen-bond acceptors (Lipinski definition) is 8. The van der Waals surface area contributed by atoms with Gasteiger partial charge in [0.25, 0.3) is 11.1 Å². The van der Waals surface area contributed by atoms with Crippen LogP contribution in [0.5, 0.6) is 0 Å². The number of hydrogen-bond donors (Lipinski definition) is 1. The zero-order valence-corrected chi connectivity index (χ0v) is 16.3. The van der Waals surface area contributed by atoms with Crippen LogP contribution in [0.2, 0.25) is 5.02 Å². The number of aliphatic hydroxyl groups is 1. The zero-order chi connectivity index (χ0) is 17.9. The molecule has 4 rings (SSSR count). The van der Waals surface area contributed by atoms with Gasteiger partial charge >= 0.3 is 0 Å². The predicted octanol–water partition coefficient (Wildman–Crippen LogP) is 3.39. The number of rotatable bonds is 6. The Morgan fingerprint density at radius 2 is 2.08 bits per heavy atom. The van der Waals surface area contributed by atoms with E-state index in [1.807, 2.05) is 24.3 Å². The molecule has 0 saturated carbocycles. The number of β-amino-alcohol motifs (C(OH)–C–C–N with tert-alkyl or cyclic N) is 1. The largest absolute Gasteiger partial charge is 0.410 e. The van der Waals surface area contributed by atoms with Crippen LogP contribution < -0.4 is 0 Å². The summed E-state index contributed by atoms with van der Waals surface area (Å²) in [5, 5.41) is 20.5. The van der Waals surface area contributed by atoms with Gasteiger partial charge in [-0.15, -0.1) is 21.5 Å². The van der Waals surface area contributed by atoms with Gasteiger partial charge in [-0.3, -0.25) is 4.90 Å². The van der Waals surface area contributed by atoms with Gasteiger partial charge in [-0.25, -0.2) is 0 Å². The molecule has 0 spiro atoms. The van der Waals surface area contributed by atoms with E-state index in [2.05, 4.69) is 15.1 Å². The van der Waals surface area contributed by atoms with Crippen LogP contribution in [0.4, 0.5) is 0 Å². The highest BCUT2D eigenvalue weighted by Crippen LogP contribution is 2.41. The zero-order valence-electron chi connectivity index (χ0n) is 13.9. The number of aliphatic hydroxyl groups excluding tert-OH is 1. The van der Waals surface area contributed by atoms with Crippen LogP contribution in [0.15, 0.2) is 33.9 Å². The summed E-state index contributed by atoms with van der Waals surface area (Å²) in [6, 6.07) is 7.93. The highest BCUT2D eigenvalue weighted by atomic mass is 35.5. The van der Waals surface area contributed by atoms with Crippen molar-refractivity contribution in [3.05, 3.63) is 29.3 Å². The molecule has 1 fully saturated rings. The molecule has 1 saturated heterocycles. The van der Waals surface area contributed by atoms with Crippen LogP contribution in [-0.4, -0.2) is 64.9 Å². The van der Waals surface area contributed by atoms with Gasteiger partial charge in [-0.2, -0.15) is 0 Å². The third-order valence-corrected chi connectivity index (χ3v) is 6.73. The van der Waals surface area contributed by atoms with Crippen molar-refractivity contribution < 1.29 is 14.3 Å². The number of benzene rings is 1. The van der Waals surface area contributed by atoms with E-state index in [0.29, 0.717) is 28.4 Å². The first-order chi connectivity index (χ1) is 12.7. The van der Waals surface area contributed by atoms with E-state index in [4.69, 9.17) is 20.8 Å². The lowest BCUT2D eigenvalue weighted by molar-refractivity contribution is 0.0188. The molecule has 2 aromatic heterocycles. The van der Waals surface area contributed by atoms with Crippen molar-refractivity contribution in [1.82, 2.24) is 15.1 Å². The Balaban J connectivity index is 1.39. The topological polar surface area (TPSA) is 71.6 Å². The summed E-state index contributed by atoms with van der Waals surface area (Å²) in [5.74, 6) is 0.917. The fourth-order valence-corrected chi connectivity index (χ4v) is 4.92. The summed E-state index contributed by atoms with van der Waals surface area (Å²) in [6.07, 6.45) is -0.457. The first-order valence-corrected chi connectivity index (χ1v) is 10.5. The summed E-state index contributed by atoms with van der Waals surface area (Å²) in [5.41, 5.74) is 0. The van der Waals surface area contributed by atoms with E-state index in [1.54, 1.807) is 0 Å². The second-order valence-electron chi connectivity index (χ2n) is 5.99. The first-order valence-electron chi connectivity index (χ1n) is 8.32. The number of halogens is 1. The van der Waals surface area contributed by atoms with E-state index in [0.717, 1.165) is 41.3 Å². The molecule has 3 aromatic rings. The molecule has 26 heavy (non-hydrogen) atoms. The lowest BCUT2D eigenvalue weighted by Crippen LogP contribution is -2.41. The molecule has 0 aliphatic carbocycles. The maximum Gasteiger partial charge on any atom is 0.276 e.